The van der Waals surface area contributed by atoms with Crippen LogP contribution in [0.4, 0.5) is 0 Å². The first-order valence-electron chi connectivity index (χ1n) is 9.50. The predicted molar refractivity (Wildman–Crippen MR) is 93.3 cm³/mol. The number of guanidine groups is 1. The van der Waals surface area contributed by atoms with Crippen LogP contribution in [0.5, 0.6) is 0 Å². The Bertz CT molecular complexity index is 381. The van der Waals surface area contributed by atoms with Crippen LogP contribution in [0.15, 0.2) is 4.99 Å². The summed E-state index contributed by atoms with van der Waals surface area (Å²) in [6.07, 6.45) is 10.7. The van der Waals surface area contributed by atoms with Crippen molar-refractivity contribution in [2.24, 2.45) is 10.9 Å². The van der Waals surface area contributed by atoms with E-state index in [1.165, 1.54) is 51.4 Å². The van der Waals surface area contributed by atoms with Crippen LogP contribution in [0.3, 0.4) is 0 Å². The second-order valence-electron chi connectivity index (χ2n) is 7.57. The van der Waals surface area contributed by atoms with Crippen LogP contribution in [-0.4, -0.2) is 48.6 Å². The Morgan fingerprint density at radius 2 is 1.82 bits per heavy atom. The molecular formula is C18H34N4. The minimum absolute atomic E-state index is 0.604. The first-order valence-corrected chi connectivity index (χ1v) is 9.50. The third-order valence-corrected chi connectivity index (χ3v) is 5.90. The molecule has 2 N–H and O–H groups in total. The van der Waals surface area contributed by atoms with Gasteiger partial charge in [0.2, 0.25) is 0 Å². The van der Waals surface area contributed by atoms with Gasteiger partial charge in [0, 0.05) is 30.7 Å². The highest BCUT2D eigenvalue weighted by molar-refractivity contribution is 5.80. The van der Waals surface area contributed by atoms with Gasteiger partial charge in [-0.3, -0.25) is 4.99 Å². The summed E-state index contributed by atoms with van der Waals surface area (Å²) >= 11 is 0. The summed E-state index contributed by atoms with van der Waals surface area (Å²) in [5, 5.41) is 7.43. The molecule has 4 nitrogen and oxygen atoms in total. The molecule has 2 heterocycles. The third-order valence-electron chi connectivity index (χ3n) is 5.90. The van der Waals surface area contributed by atoms with E-state index in [-0.39, 0.29) is 0 Å². The normalized spacial score (nSPS) is 38.7. The fourth-order valence-corrected chi connectivity index (χ4v) is 4.51. The molecule has 0 aromatic heterocycles. The van der Waals surface area contributed by atoms with Crippen molar-refractivity contribution in [2.75, 3.05) is 13.6 Å². The van der Waals surface area contributed by atoms with E-state index in [9.17, 15) is 0 Å². The summed E-state index contributed by atoms with van der Waals surface area (Å²) < 4.78 is 0. The zero-order valence-corrected chi connectivity index (χ0v) is 14.6. The molecule has 3 fully saturated rings. The monoisotopic (exact) mass is 306 g/mol. The number of fused-ring (bicyclic) bond motifs is 2. The molecule has 0 radical (unpaired) electrons. The molecule has 4 atom stereocenters. The van der Waals surface area contributed by atoms with Crippen molar-refractivity contribution in [3.05, 3.63) is 0 Å². The van der Waals surface area contributed by atoms with E-state index < -0.39 is 0 Å². The van der Waals surface area contributed by atoms with Gasteiger partial charge in [-0.25, -0.2) is 0 Å². The first-order chi connectivity index (χ1) is 10.7. The highest BCUT2D eigenvalue weighted by Crippen LogP contribution is 2.35. The van der Waals surface area contributed by atoms with E-state index in [1.807, 2.05) is 0 Å². The van der Waals surface area contributed by atoms with Gasteiger partial charge in [0.25, 0.3) is 0 Å². The molecule has 22 heavy (non-hydrogen) atoms. The number of hydrogen-bond donors (Lipinski definition) is 2. The quantitative estimate of drug-likeness (QED) is 0.606. The van der Waals surface area contributed by atoms with Gasteiger partial charge in [-0.15, -0.1) is 0 Å². The molecule has 2 aliphatic heterocycles. The lowest BCUT2D eigenvalue weighted by atomic mass is 9.82. The average Bonchev–Trinajstić information content (AvgIpc) is 3.18. The number of aliphatic imine (C=N–C) groups is 1. The summed E-state index contributed by atoms with van der Waals surface area (Å²) in [6, 6.07) is 2.83. The number of nitrogens with zero attached hydrogens (tertiary/aromatic N) is 2. The van der Waals surface area contributed by atoms with Gasteiger partial charge in [-0.05, 0) is 58.4 Å². The van der Waals surface area contributed by atoms with E-state index in [2.05, 4.69) is 41.4 Å². The third kappa shape index (κ3) is 3.76. The predicted octanol–water partition coefficient (Wildman–Crippen LogP) is 2.75. The fourth-order valence-electron chi connectivity index (χ4n) is 4.51. The molecule has 4 heteroatoms. The van der Waals surface area contributed by atoms with Crippen LogP contribution < -0.4 is 10.6 Å². The van der Waals surface area contributed by atoms with Crippen molar-refractivity contribution in [1.29, 1.82) is 0 Å². The van der Waals surface area contributed by atoms with Crippen molar-refractivity contribution in [3.63, 3.8) is 0 Å². The molecule has 1 saturated carbocycles. The van der Waals surface area contributed by atoms with Crippen molar-refractivity contribution >= 4 is 5.96 Å². The standard InChI is InChI=1S/C18H34N4/c1-4-7-13-10-17(13)21-18(19-5-2)20-14-11-15-8-6-9-16(12-14)22(15)3/h13-17H,4-12H2,1-3H3,(H2,19,20,21). The summed E-state index contributed by atoms with van der Waals surface area (Å²) in [7, 11) is 2.32. The molecule has 2 bridgehead atoms. The number of hydrogen-bond acceptors (Lipinski definition) is 2. The summed E-state index contributed by atoms with van der Waals surface area (Å²) in [6.45, 7) is 5.27. The van der Waals surface area contributed by atoms with Gasteiger partial charge in [0.05, 0.1) is 0 Å². The SMILES string of the molecule is CCCC1CC1NC(=NCC)NC1CC2CCCC(C1)N2C. The maximum Gasteiger partial charge on any atom is 0.191 e. The Hall–Kier alpha value is -0.770. The van der Waals surface area contributed by atoms with Gasteiger partial charge >= 0.3 is 0 Å². The summed E-state index contributed by atoms with van der Waals surface area (Å²) in [5.41, 5.74) is 0. The van der Waals surface area contributed by atoms with E-state index in [0.717, 1.165) is 30.5 Å². The maximum atomic E-state index is 4.69. The van der Waals surface area contributed by atoms with Gasteiger partial charge < -0.3 is 15.5 Å². The molecule has 0 amide bonds. The van der Waals surface area contributed by atoms with E-state index in [4.69, 9.17) is 0 Å². The van der Waals surface area contributed by atoms with Gasteiger partial charge in [-0.1, -0.05) is 19.8 Å². The zero-order valence-electron chi connectivity index (χ0n) is 14.6. The fraction of sp³-hybridized carbons (Fsp3) is 0.944. The van der Waals surface area contributed by atoms with E-state index in [1.54, 1.807) is 0 Å². The molecule has 1 aliphatic carbocycles. The van der Waals surface area contributed by atoms with Crippen LogP contribution >= 0.6 is 0 Å². The molecule has 3 aliphatic rings. The lowest BCUT2D eigenvalue weighted by Crippen LogP contribution is -2.57. The second kappa shape index (κ2) is 7.20. The van der Waals surface area contributed by atoms with E-state index >= 15 is 0 Å². The molecule has 2 saturated heterocycles. The maximum absolute atomic E-state index is 4.69. The number of piperidine rings is 2. The summed E-state index contributed by atoms with van der Waals surface area (Å²) in [5.74, 6) is 1.95. The van der Waals surface area contributed by atoms with Crippen molar-refractivity contribution < 1.29 is 0 Å². The van der Waals surface area contributed by atoms with Gasteiger partial charge in [0.1, 0.15) is 0 Å². The highest BCUT2D eigenvalue weighted by atomic mass is 15.2. The zero-order chi connectivity index (χ0) is 15.5. The minimum Gasteiger partial charge on any atom is -0.354 e. The number of nitrogens with one attached hydrogen (secondary N) is 2. The van der Waals surface area contributed by atoms with Crippen LogP contribution in [0.25, 0.3) is 0 Å². The lowest BCUT2D eigenvalue weighted by Gasteiger charge is -2.47. The topological polar surface area (TPSA) is 39.7 Å². The van der Waals surface area contributed by atoms with Crippen LogP contribution in [0, 0.1) is 5.92 Å². The minimum atomic E-state index is 0.604. The van der Waals surface area contributed by atoms with Gasteiger partial charge in [-0.2, -0.15) is 0 Å². The lowest BCUT2D eigenvalue weighted by molar-refractivity contribution is 0.0526. The Labute approximate surface area is 136 Å². The molecule has 0 spiro atoms. The summed E-state index contributed by atoms with van der Waals surface area (Å²) in [4.78, 5) is 7.32. The largest absolute Gasteiger partial charge is 0.354 e. The molecule has 4 unspecified atom stereocenters. The Balaban J connectivity index is 1.52. The molecule has 0 aromatic rings. The highest BCUT2D eigenvalue weighted by Gasteiger charge is 2.39. The van der Waals surface area contributed by atoms with Gasteiger partial charge in [0.15, 0.2) is 5.96 Å². The Kier molecular flexibility index (Phi) is 5.27. The van der Waals surface area contributed by atoms with Crippen molar-refractivity contribution in [1.82, 2.24) is 15.5 Å². The Morgan fingerprint density at radius 3 is 2.45 bits per heavy atom. The number of rotatable bonds is 5. The molecule has 0 aromatic carbocycles. The van der Waals surface area contributed by atoms with Crippen LogP contribution in [0.1, 0.15) is 65.2 Å². The van der Waals surface area contributed by atoms with Crippen molar-refractivity contribution in [2.45, 2.75) is 89.4 Å². The molecular weight excluding hydrogens is 272 g/mol. The van der Waals surface area contributed by atoms with Crippen LogP contribution in [-0.2, 0) is 0 Å². The average molecular weight is 306 g/mol. The smallest absolute Gasteiger partial charge is 0.191 e. The second-order valence-corrected chi connectivity index (χ2v) is 7.57. The van der Waals surface area contributed by atoms with E-state index in [0.29, 0.717) is 12.1 Å². The Morgan fingerprint density at radius 1 is 1.09 bits per heavy atom. The molecule has 126 valence electrons. The first kappa shape index (κ1) is 16.1. The van der Waals surface area contributed by atoms with Crippen LogP contribution in [0.2, 0.25) is 0 Å². The molecule has 3 rings (SSSR count). The van der Waals surface area contributed by atoms with Crippen molar-refractivity contribution in [3.8, 4) is 0 Å².